The Morgan fingerprint density at radius 3 is 2.56 bits per heavy atom. The van der Waals surface area contributed by atoms with Crippen molar-refractivity contribution in [3.63, 3.8) is 0 Å². The maximum atomic E-state index is 13.1. The van der Waals surface area contributed by atoms with Crippen molar-refractivity contribution in [2.45, 2.75) is 62.7 Å². The van der Waals surface area contributed by atoms with Crippen molar-refractivity contribution in [3.05, 3.63) is 52.4 Å². The highest BCUT2D eigenvalue weighted by Gasteiger charge is 2.49. The van der Waals surface area contributed by atoms with E-state index in [0.717, 1.165) is 37.7 Å². The Bertz CT molecular complexity index is 1180. The number of benzene rings is 1. The van der Waals surface area contributed by atoms with E-state index in [4.69, 9.17) is 4.74 Å². The molecule has 0 atom stereocenters. The third kappa shape index (κ3) is 3.93. The molecular weight excluding hydrogens is 410 g/mol. The van der Waals surface area contributed by atoms with E-state index in [-0.39, 0.29) is 30.5 Å². The average Bonchev–Trinajstić information content (AvgIpc) is 3.46. The second kappa shape index (κ2) is 8.14. The molecule has 9 heteroatoms. The summed E-state index contributed by atoms with van der Waals surface area (Å²) in [5, 5.41) is 15.6. The number of carbonyl (C=O) groups is 1. The fourth-order valence-electron chi connectivity index (χ4n) is 4.33. The lowest BCUT2D eigenvalue weighted by Crippen LogP contribution is -2.54. The summed E-state index contributed by atoms with van der Waals surface area (Å²) in [6.07, 6.45) is 5.64. The van der Waals surface area contributed by atoms with Crippen molar-refractivity contribution in [3.8, 4) is 11.4 Å². The molecule has 2 aromatic heterocycles. The van der Waals surface area contributed by atoms with E-state index in [0.29, 0.717) is 24.4 Å². The molecular formula is C23H27N5O4. The molecule has 1 aromatic carbocycles. The molecule has 1 amide bonds. The van der Waals surface area contributed by atoms with Gasteiger partial charge in [-0.1, -0.05) is 49.6 Å². The second-order valence-electron chi connectivity index (χ2n) is 8.90. The molecule has 2 heterocycles. The molecule has 2 aliphatic carbocycles. The maximum Gasteiger partial charge on any atom is 0.274 e. The van der Waals surface area contributed by atoms with Crippen LogP contribution in [0.3, 0.4) is 0 Å². The second-order valence-corrected chi connectivity index (χ2v) is 8.90. The Kier molecular flexibility index (Phi) is 5.30. The number of fused-ring (bicyclic) bond motifs is 1. The quantitative estimate of drug-likeness (QED) is 0.519. The van der Waals surface area contributed by atoms with Crippen LogP contribution in [0.5, 0.6) is 0 Å². The van der Waals surface area contributed by atoms with E-state index < -0.39 is 11.1 Å². The molecule has 0 spiro atoms. The first-order valence-electron chi connectivity index (χ1n) is 11.1. The molecule has 2 fully saturated rings. The number of aromatic amines is 1. The Hall–Kier alpha value is -3.04. The third-order valence-corrected chi connectivity index (χ3v) is 6.54. The summed E-state index contributed by atoms with van der Waals surface area (Å²) in [5.74, 6) is 0.636. The number of aliphatic hydroxyl groups is 1. The summed E-state index contributed by atoms with van der Waals surface area (Å²) in [6.45, 7) is -0.0223. The molecule has 0 unspecified atom stereocenters. The molecule has 3 aromatic rings. The Labute approximate surface area is 184 Å². The van der Waals surface area contributed by atoms with Gasteiger partial charge in [-0.05, 0) is 25.7 Å². The van der Waals surface area contributed by atoms with Crippen molar-refractivity contribution in [2.75, 3.05) is 6.61 Å². The molecule has 3 N–H and O–H groups in total. The number of H-pyrrole nitrogens is 1. The van der Waals surface area contributed by atoms with Crippen LogP contribution in [0.15, 0.2) is 41.2 Å². The maximum absolute atomic E-state index is 13.1. The first-order chi connectivity index (χ1) is 15.5. The highest BCUT2D eigenvalue weighted by atomic mass is 16.5. The van der Waals surface area contributed by atoms with Crippen molar-refractivity contribution in [2.24, 2.45) is 0 Å². The van der Waals surface area contributed by atoms with Gasteiger partial charge in [0.05, 0.1) is 24.4 Å². The number of ether oxygens (including phenoxy) is 1. The van der Waals surface area contributed by atoms with Gasteiger partial charge in [-0.2, -0.15) is 9.50 Å². The Morgan fingerprint density at radius 1 is 1.12 bits per heavy atom. The van der Waals surface area contributed by atoms with Crippen LogP contribution in [0.1, 0.15) is 50.6 Å². The largest absolute Gasteiger partial charge is 0.394 e. The number of aromatic nitrogens is 4. The Morgan fingerprint density at radius 2 is 1.88 bits per heavy atom. The molecule has 0 radical (unpaired) electrons. The molecule has 2 aliphatic rings. The van der Waals surface area contributed by atoms with Gasteiger partial charge < -0.3 is 15.2 Å². The molecule has 168 valence electrons. The summed E-state index contributed by atoms with van der Waals surface area (Å²) in [4.78, 5) is 34.7. The summed E-state index contributed by atoms with van der Waals surface area (Å²) in [7, 11) is 0. The number of hydrogen-bond acceptors (Lipinski definition) is 6. The van der Waals surface area contributed by atoms with Gasteiger partial charge in [0.2, 0.25) is 0 Å². The smallest absolute Gasteiger partial charge is 0.274 e. The standard InChI is InChI=1S/C23H27N5O4/c29-15-22(11-12-22)26-20(31)23(9-5-2-6-10-23)32-14-17-13-18(30)28-21(24-17)25-19(27-28)16-7-3-1-4-8-16/h1,3-4,7-8,13,29H,2,5-6,9-12,14-15H2,(H,26,31)(H,24,25,27). The van der Waals surface area contributed by atoms with E-state index in [1.807, 2.05) is 30.3 Å². The minimum absolute atomic E-state index is 0.0405. The number of carbonyl (C=O) groups excluding carboxylic acids is 1. The zero-order valence-electron chi connectivity index (χ0n) is 17.8. The normalized spacial score (nSPS) is 19.0. The predicted molar refractivity (Wildman–Crippen MR) is 117 cm³/mol. The van der Waals surface area contributed by atoms with Crippen LogP contribution < -0.4 is 10.9 Å². The number of hydrogen-bond donors (Lipinski definition) is 3. The number of nitrogens with zero attached hydrogens (tertiary/aromatic N) is 3. The van der Waals surface area contributed by atoms with Gasteiger partial charge in [0.1, 0.15) is 5.60 Å². The van der Waals surface area contributed by atoms with Crippen molar-refractivity contribution in [1.29, 1.82) is 0 Å². The summed E-state index contributed by atoms with van der Waals surface area (Å²) in [6, 6.07) is 10.9. The van der Waals surface area contributed by atoms with Crippen LogP contribution in [0, 0.1) is 0 Å². The number of nitrogens with one attached hydrogen (secondary N) is 2. The zero-order valence-corrected chi connectivity index (χ0v) is 17.8. The van der Waals surface area contributed by atoms with Gasteiger partial charge in [0.15, 0.2) is 5.82 Å². The number of rotatable bonds is 7. The monoisotopic (exact) mass is 437 g/mol. The van der Waals surface area contributed by atoms with Gasteiger partial charge in [0, 0.05) is 11.6 Å². The van der Waals surface area contributed by atoms with Gasteiger partial charge in [-0.25, -0.2) is 4.98 Å². The minimum Gasteiger partial charge on any atom is -0.394 e. The predicted octanol–water partition coefficient (Wildman–Crippen LogP) is 1.95. The molecule has 5 rings (SSSR count). The molecule has 32 heavy (non-hydrogen) atoms. The summed E-state index contributed by atoms with van der Waals surface area (Å²) >= 11 is 0. The molecule has 2 saturated carbocycles. The van der Waals surface area contributed by atoms with Crippen LogP contribution in [-0.4, -0.2) is 48.3 Å². The molecule has 0 aliphatic heterocycles. The van der Waals surface area contributed by atoms with E-state index in [1.54, 1.807) is 0 Å². The van der Waals surface area contributed by atoms with Crippen LogP contribution in [-0.2, 0) is 16.1 Å². The average molecular weight is 438 g/mol. The number of amides is 1. The lowest BCUT2D eigenvalue weighted by Gasteiger charge is -2.36. The van der Waals surface area contributed by atoms with Crippen molar-refractivity contribution < 1.29 is 14.6 Å². The van der Waals surface area contributed by atoms with Crippen molar-refractivity contribution >= 4 is 11.7 Å². The van der Waals surface area contributed by atoms with Crippen LogP contribution in [0.4, 0.5) is 0 Å². The first kappa shape index (κ1) is 20.8. The van der Waals surface area contributed by atoms with Gasteiger partial charge >= 0.3 is 0 Å². The lowest BCUT2D eigenvalue weighted by molar-refractivity contribution is -0.156. The molecule has 0 bridgehead atoms. The van der Waals surface area contributed by atoms with E-state index in [9.17, 15) is 14.7 Å². The summed E-state index contributed by atoms with van der Waals surface area (Å²) in [5.41, 5.74) is -0.462. The van der Waals surface area contributed by atoms with E-state index >= 15 is 0 Å². The van der Waals surface area contributed by atoms with E-state index in [2.05, 4.69) is 20.4 Å². The van der Waals surface area contributed by atoms with E-state index in [1.165, 1.54) is 10.6 Å². The lowest BCUT2D eigenvalue weighted by atomic mass is 9.83. The van der Waals surface area contributed by atoms with Crippen LogP contribution >= 0.6 is 0 Å². The zero-order chi connectivity index (χ0) is 22.2. The Balaban J connectivity index is 1.38. The SMILES string of the molecule is O=C(NC1(CO)CC1)C1(OCc2cc(=O)n3[nH]c(-c4ccccc4)nc3n2)CCCCC1. The topological polar surface area (TPSA) is 122 Å². The van der Waals surface area contributed by atoms with Crippen LogP contribution in [0.25, 0.3) is 17.2 Å². The van der Waals surface area contributed by atoms with Gasteiger partial charge in [-0.15, -0.1) is 0 Å². The molecule has 0 saturated heterocycles. The summed E-state index contributed by atoms with van der Waals surface area (Å²) < 4.78 is 7.49. The highest BCUT2D eigenvalue weighted by molar-refractivity contribution is 5.86. The number of aliphatic hydroxyl groups excluding tert-OH is 1. The third-order valence-electron chi connectivity index (χ3n) is 6.54. The van der Waals surface area contributed by atoms with Crippen molar-refractivity contribution in [1.82, 2.24) is 24.9 Å². The fraction of sp³-hybridized carbons (Fsp3) is 0.478. The first-order valence-corrected chi connectivity index (χ1v) is 11.1. The fourth-order valence-corrected chi connectivity index (χ4v) is 4.33. The van der Waals surface area contributed by atoms with Gasteiger partial charge in [-0.3, -0.25) is 14.7 Å². The van der Waals surface area contributed by atoms with Crippen LogP contribution in [0.2, 0.25) is 0 Å². The molecule has 9 nitrogen and oxygen atoms in total. The minimum atomic E-state index is -0.962. The highest BCUT2D eigenvalue weighted by Crippen LogP contribution is 2.38. The van der Waals surface area contributed by atoms with Gasteiger partial charge in [0.25, 0.3) is 17.2 Å².